The third-order valence-electron chi connectivity index (χ3n) is 27.2. The molecule has 10 fully saturated rings. The van der Waals surface area contributed by atoms with Crippen molar-refractivity contribution in [1.82, 2.24) is 0 Å². The Kier molecular flexibility index (Phi) is 16.6. The second kappa shape index (κ2) is 22.3. The molecule has 0 aromatic heterocycles. The van der Waals surface area contributed by atoms with E-state index in [4.69, 9.17) is 14.2 Å². The summed E-state index contributed by atoms with van der Waals surface area (Å²) < 4.78 is 50.8. The normalized spacial score (nSPS) is 49.2. The predicted molar refractivity (Wildman–Crippen MR) is 318 cm³/mol. The smallest absolute Gasteiger partial charge is 0.306 e. The van der Waals surface area contributed by atoms with E-state index in [-0.39, 0.29) is 89.2 Å². The number of Topliss-reactive ketones (excluding diaryl/α,β-unsaturated/α-hetero) is 3. The van der Waals surface area contributed by atoms with E-state index >= 15 is 8.78 Å². The van der Waals surface area contributed by atoms with E-state index in [9.17, 15) is 69.3 Å². The van der Waals surface area contributed by atoms with Crippen molar-refractivity contribution in [1.29, 1.82) is 0 Å². The number of carbonyl (C=O) groups excluding carboxylic acids is 7. The molecule has 23 atom stereocenters. The molecule has 0 radical (unpaired) electrons. The molecule has 492 valence electrons. The summed E-state index contributed by atoms with van der Waals surface area (Å²) in [5.41, 5.74) is -8.65. The number of alkyl halides is 2. The van der Waals surface area contributed by atoms with Gasteiger partial charge in [-0.25, -0.2) is 8.78 Å². The molecular formula is C70H96F2O17. The van der Waals surface area contributed by atoms with E-state index in [0.29, 0.717) is 44.9 Å². The molecule has 12 aliphatic carbocycles. The lowest BCUT2D eigenvalue weighted by Crippen LogP contribution is -2.71. The first-order chi connectivity index (χ1) is 41.6. The van der Waals surface area contributed by atoms with Gasteiger partial charge in [0.2, 0.25) is 5.78 Å². The zero-order valence-electron chi connectivity index (χ0n) is 53.4. The Morgan fingerprint density at radius 3 is 1.73 bits per heavy atom. The molecule has 7 N–H and O–H groups in total. The van der Waals surface area contributed by atoms with Crippen LogP contribution in [0.25, 0.3) is 0 Å². The molecule has 17 nitrogen and oxygen atoms in total. The first-order valence-corrected chi connectivity index (χ1v) is 33.1. The van der Waals surface area contributed by atoms with Gasteiger partial charge < -0.3 is 50.0 Å². The Hall–Kier alpha value is -4.05. The highest BCUT2D eigenvalue weighted by Gasteiger charge is 2.81. The van der Waals surface area contributed by atoms with Crippen LogP contribution in [0.4, 0.5) is 8.78 Å². The maximum Gasteiger partial charge on any atom is 0.306 e. The average molecular weight is 1250 g/mol. The predicted octanol–water partition coefficient (Wildman–Crippen LogP) is 7.28. The van der Waals surface area contributed by atoms with Crippen LogP contribution in [-0.2, 0) is 47.8 Å². The highest BCUT2D eigenvalue weighted by molar-refractivity contribution is 6.01. The number of carbonyl (C=O) groups is 7. The van der Waals surface area contributed by atoms with Crippen LogP contribution in [0.1, 0.15) is 184 Å². The molecule has 13 rings (SSSR count). The number of hydrogen-bond donors (Lipinski definition) is 7. The second-order valence-corrected chi connectivity index (χ2v) is 31.3. The largest absolute Gasteiger partial charge is 0.450 e. The summed E-state index contributed by atoms with van der Waals surface area (Å²) in [6, 6.07) is 0. The van der Waals surface area contributed by atoms with Gasteiger partial charge in [0.1, 0.15) is 31.6 Å². The highest BCUT2D eigenvalue weighted by atomic mass is 19.1. The van der Waals surface area contributed by atoms with E-state index < -0.39 is 141 Å². The first kappa shape index (κ1) is 66.4. The van der Waals surface area contributed by atoms with Crippen LogP contribution >= 0.6 is 0 Å². The molecule has 9 saturated carbocycles. The topological polar surface area (TPSA) is 289 Å². The fraction of sp³-hybridized carbons (Fsp3) is 0.786. The highest BCUT2D eigenvalue weighted by Crippen LogP contribution is 2.74. The van der Waals surface area contributed by atoms with Gasteiger partial charge in [-0.2, -0.15) is 0 Å². The number of aliphatic hydroxyl groups excluding tert-OH is 6. The Labute approximate surface area is 520 Å². The molecular weight excluding hydrogens is 1150 g/mol. The molecule has 89 heavy (non-hydrogen) atoms. The molecule has 1 saturated heterocycles. The Morgan fingerprint density at radius 2 is 1.18 bits per heavy atom. The third kappa shape index (κ3) is 9.17. The number of halogens is 2. The quantitative estimate of drug-likeness (QED) is 0.112. The van der Waals surface area contributed by atoms with E-state index in [0.717, 1.165) is 63.0 Å². The lowest BCUT2D eigenvalue weighted by atomic mass is 9.44. The first-order valence-electron chi connectivity index (χ1n) is 33.1. The van der Waals surface area contributed by atoms with Crippen LogP contribution in [0.2, 0.25) is 0 Å². The van der Waals surface area contributed by atoms with E-state index in [1.165, 1.54) is 24.6 Å². The molecule has 13 aliphatic rings. The number of fused-ring (bicyclic) bond motifs is 17. The number of allylic oxidation sites excluding steroid dienone is 6. The fourth-order valence-electron chi connectivity index (χ4n) is 23.1. The monoisotopic (exact) mass is 1250 g/mol. The number of hydrogen-bond acceptors (Lipinski definition) is 17. The summed E-state index contributed by atoms with van der Waals surface area (Å²) in [6.07, 6.45) is 12.1. The van der Waals surface area contributed by atoms with Gasteiger partial charge in [-0.05, 0) is 206 Å². The van der Waals surface area contributed by atoms with Gasteiger partial charge in [-0.15, -0.1) is 0 Å². The molecule has 0 amide bonds. The van der Waals surface area contributed by atoms with Crippen LogP contribution in [0.15, 0.2) is 47.1 Å². The summed E-state index contributed by atoms with van der Waals surface area (Å²) in [6.45, 7) is 14.7. The van der Waals surface area contributed by atoms with Crippen molar-refractivity contribution in [2.24, 2.45) is 79.8 Å². The zero-order chi connectivity index (χ0) is 65.0. The van der Waals surface area contributed by atoms with Gasteiger partial charge in [0.25, 0.3) is 0 Å². The van der Waals surface area contributed by atoms with Crippen LogP contribution in [-0.4, -0.2) is 155 Å². The molecule has 1 aliphatic heterocycles. The Morgan fingerprint density at radius 1 is 0.640 bits per heavy atom. The van der Waals surface area contributed by atoms with Gasteiger partial charge in [0, 0.05) is 46.8 Å². The van der Waals surface area contributed by atoms with Crippen molar-refractivity contribution in [3.8, 4) is 0 Å². The molecule has 1 heterocycles. The fourth-order valence-corrected chi connectivity index (χ4v) is 23.1. The van der Waals surface area contributed by atoms with Gasteiger partial charge in [-0.1, -0.05) is 58.8 Å². The lowest BCUT2D eigenvalue weighted by Gasteiger charge is -2.63. The summed E-state index contributed by atoms with van der Waals surface area (Å²) >= 11 is 0. The minimum Gasteiger partial charge on any atom is -0.450 e. The van der Waals surface area contributed by atoms with Crippen molar-refractivity contribution >= 4 is 40.7 Å². The maximum absolute atomic E-state index is 17.1. The van der Waals surface area contributed by atoms with Gasteiger partial charge in [0.05, 0.1) is 24.4 Å². The lowest BCUT2D eigenvalue weighted by molar-refractivity contribution is -0.248. The van der Waals surface area contributed by atoms with Crippen molar-refractivity contribution < 1.29 is 92.3 Å². The van der Waals surface area contributed by atoms with E-state index in [1.807, 2.05) is 20.8 Å². The molecule has 0 aromatic rings. The summed E-state index contributed by atoms with van der Waals surface area (Å²) in [5, 5.41) is 74.1. The number of ketones is 6. The van der Waals surface area contributed by atoms with Crippen molar-refractivity contribution in [3.63, 3.8) is 0 Å². The van der Waals surface area contributed by atoms with Gasteiger partial charge in [0.15, 0.2) is 51.6 Å². The Bertz CT molecular complexity index is 3100. The number of esters is 1. The maximum atomic E-state index is 17.1. The zero-order valence-corrected chi connectivity index (χ0v) is 53.4. The number of rotatable bonds is 9. The average Bonchev–Trinajstić information content (AvgIpc) is 1.61. The second-order valence-electron chi connectivity index (χ2n) is 31.3. The summed E-state index contributed by atoms with van der Waals surface area (Å²) in [5.74, 6) is -3.71. The van der Waals surface area contributed by atoms with Crippen molar-refractivity contribution in [2.75, 3.05) is 19.8 Å². The van der Waals surface area contributed by atoms with E-state index in [1.54, 1.807) is 32.9 Å². The number of aliphatic hydroxyl groups is 7. The van der Waals surface area contributed by atoms with Gasteiger partial charge in [-0.3, -0.25) is 33.6 Å². The number of ether oxygens (including phenoxy) is 3. The molecule has 0 spiro atoms. The third-order valence-corrected chi connectivity index (χ3v) is 27.2. The summed E-state index contributed by atoms with van der Waals surface area (Å²) in [7, 11) is 0. The molecule has 0 bridgehead atoms. The van der Waals surface area contributed by atoms with Crippen LogP contribution < -0.4 is 0 Å². The Balaban J connectivity index is 0.000000138. The van der Waals surface area contributed by atoms with Crippen LogP contribution in [0, 0.1) is 79.8 Å². The molecule has 19 heteroatoms. The van der Waals surface area contributed by atoms with Crippen molar-refractivity contribution in [2.45, 2.75) is 243 Å². The molecule has 0 aromatic carbocycles. The van der Waals surface area contributed by atoms with Crippen LogP contribution in [0.5, 0.6) is 0 Å². The van der Waals surface area contributed by atoms with Crippen molar-refractivity contribution in [3.05, 3.63) is 47.1 Å². The van der Waals surface area contributed by atoms with Crippen LogP contribution in [0.3, 0.4) is 0 Å². The summed E-state index contributed by atoms with van der Waals surface area (Å²) in [4.78, 5) is 86.9. The van der Waals surface area contributed by atoms with E-state index in [2.05, 4.69) is 13.8 Å². The SMILES string of the molecule is CC1(C)O[C@@H]2C[C@H]3[C@@H]4C[C@H](F)C5=CC(=O)C=C[C@]5(C)[C@@]4(F)[C@@H](O)C[C@]3(C)[C@]2(C(=O)CO)O1.CCCC(=O)O[C@]1(C(=O)CO)CC[C@H]2[C@@H]3CCC4=CC(=O)CC[C@]4(C)[C@H]3[C@@H](O)C[C@@]21C.C[C@]12CCC(=O)C=C1CC[C@@H]1[C@@H]2[C@@H](O)C[C@@]2(C)[C@H]1CC[C@]2(O)C(=O)CO. The van der Waals surface area contributed by atoms with Gasteiger partial charge >= 0.3 is 5.97 Å². The molecule has 0 unspecified atom stereocenters. The standard InChI is InChI=1S/C25H36O6.C24H30F2O6.C21H30O5/c1-4-5-21(30)31-25(20(29)14-26)11-9-18-17-7-6-15-12-16(27)8-10-23(15,2)22(17)19(28)13-24(18,25)3;1-20(2)31-19-9-13-14-8-16(25)15-7-12(28)5-6-21(15,3)23(14,26)17(29)10-22(13,4)24(19,32-20)18(30)11-27;1-19-7-5-13(23)9-12(19)3-4-14-15-6-8-21(26,17(25)11-22)20(15,2)10-16(24)18(14)19/h12,17-19,22,26,28H,4-11,13-14H2,1-3H3;5-7,13-14,16-17,19,27,29H,8-11H2,1-4H3;9,14-16,18,22,24,26H,3-8,10-11H2,1-2H3/t17-,18-,19-,22+,23-,24-,25-;13-,14-,16-,17-,19+,21-,22-,23-,24+;14-,15-,16-,18+,19-,20-,21-/m000/s1. The minimum atomic E-state index is -2.24. The minimum absolute atomic E-state index is 0.0325.